The summed E-state index contributed by atoms with van der Waals surface area (Å²) in [5.74, 6) is -0.458. The molecular formula is C22H23FN2O2. The number of nitrogens with one attached hydrogen (secondary N) is 1. The highest BCUT2D eigenvalue weighted by Crippen LogP contribution is 2.17. The van der Waals surface area contributed by atoms with Crippen LogP contribution in [0.5, 0.6) is 5.75 Å². The fourth-order valence-electron chi connectivity index (χ4n) is 2.45. The highest BCUT2D eigenvalue weighted by atomic mass is 19.1. The van der Waals surface area contributed by atoms with Crippen LogP contribution in [0.25, 0.3) is 6.08 Å². The van der Waals surface area contributed by atoms with Crippen molar-refractivity contribution in [2.75, 3.05) is 11.9 Å². The van der Waals surface area contributed by atoms with E-state index in [-0.39, 0.29) is 11.3 Å². The topological polar surface area (TPSA) is 62.1 Å². The van der Waals surface area contributed by atoms with E-state index in [1.54, 1.807) is 30.3 Å². The molecule has 4 nitrogen and oxygen atoms in total. The summed E-state index contributed by atoms with van der Waals surface area (Å²) < 4.78 is 19.3. The fraction of sp³-hybridized carbons (Fsp3) is 0.273. The van der Waals surface area contributed by atoms with Crippen LogP contribution in [-0.4, -0.2) is 12.5 Å². The molecular weight excluding hydrogens is 343 g/mol. The van der Waals surface area contributed by atoms with Gasteiger partial charge >= 0.3 is 0 Å². The summed E-state index contributed by atoms with van der Waals surface area (Å²) >= 11 is 0. The van der Waals surface area contributed by atoms with Crippen molar-refractivity contribution in [3.05, 3.63) is 65.5 Å². The molecule has 0 heterocycles. The Bertz CT molecular complexity index is 823. The zero-order valence-corrected chi connectivity index (χ0v) is 15.4. The van der Waals surface area contributed by atoms with E-state index in [0.717, 1.165) is 18.6 Å². The molecule has 2 aromatic carbocycles. The first-order valence-corrected chi connectivity index (χ1v) is 9.04. The van der Waals surface area contributed by atoms with E-state index in [1.165, 1.54) is 37.1 Å². The molecule has 27 heavy (non-hydrogen) atoms. The molecule has 0 bridgehead atoms. The largest absolute Gasteiger partial charge is 0.494 e. The van der Waals surface area contributed by atoms with E-state index in [9.17, 15) is 14.4 Å². The van der Waals surface area contributed by atoms with Gasteiger partial charge in [-0.2, -0.15) is 5.26 Å². The van der Waals surface area contributed by atoms with Crippen molar-refractivity contribution in [2.24, 2.45) is 0 Å². The van der Waals surface area contributed by atoms with E-state index in [4.69, 9.17) is 4.74 Å². The van der Waals surface area contributed by atoms with Crippen LogP contribution in [-0.2, 0) is 4.79 Å². The van der Waals surface area contributed by atoms with E-state index < -0.39 is 11.7 Å². The number of carbonyl (C=O) groups excluding carboxylic acids is 1. The minimum absolute atomic E-state index is 0.0375. The number of ether oxygens (including phenoxy) is 1. The highest BCUT2D eigenvalue weighted by Gasteiger charge is 2.11. The van der Waals surface area contributed by atoms with Crippen molar-refractivity contribution in [2.45, 2.75) is 32.6 Å². The van der Waals surface area contributed by atoms with E-state index in [2.05, 4.69) is 12.2 Å². The Morgan fingerprint density at radius 2 is 1.89 bits per heavy atom. The van der Waals surface area contributed by atoms with Gasteiger partial charge in [0.15, 0.2) is 0 Å². The van der Waals surface area contributed by atoms with Crippen LogP contribution in [0.3, 0.4) is 0 Å². The van der Waals surface area contributed by atoms with E-state index in [0.29, 0.717) is 12.2 Å². The lowest BCUT2D eigenvalue weighted by molar-refractivity contribution is -0.112. The van der Waals surface area contributed by atoms with Gasteiger partial charge in [-0.3, -0.25) is 4.79 Å². The number of anilines is 1. The Morgan fingerprint density at radius 3 is 2.56 bits per heavy atom. The van der Waals surface area contributed by atoms with Crippen LogP contribution in [0.2, 0.25) is 0 Å². The van der Waals surface area contributed by atoms with Crippen LogP contribution >= 0.6 is 0 Å². The van der Waals surface area contributed by atoms with E-state index in [1.807, 2.05) is 6.07 Å². The average Bonchev–Trinajstić information content (AvgIpc) is 2.68. The molecule has 0 aliphatic rings. The smallest absolute Gasteiger partial charge is 0.266 e. The van der Waals surface area contributed by atoms with Crippen molar-refractivity contribution >= 4 is 17.7 Å². The maximum atomic E-state index is 13.6. The summed E-state index contributed by atoms with van der Waals surface area (Å²) in [7, 11) is 0. The minimum Gasteiger partial charge on any atom is -0.494 e. The van der Waals surface area contributed by atoms with Gasteiger partial charge in [-0.05, 0) is 42.3 Å². The summed E-state index contributed by atoms with van der Waals surface area (Å²) in [5.41, 5.74) is 0.621. The Labute approximate surface area is 159 Å². The molecule has 0 aliphatic heterocycles. The Kier molecular flexibility index (Phi) is 8.05. The number of hydrogen-bond donors (Lipinski definition) is 1. The fourth-order valence-corrected chi connectivity index (χ4v) is 2.45. The Morgan fingerprint density at radius 1 is 1.15 bits per heavy atom. The second-order valence-electron chi connectivity index (χ2n) is 6.08. The molecule has 140 valence electrons. The first-order chi connectivity index (χ1) is 13.1. The van der Waals surface area contributed by atoms with Gasteiger partial charge in [-0.15, -0.1) is 0 Å². The highest BCUT2D eigenvalue weighted by molar-refractivity contribution is 6.09. The Hall–Kier alpha value is -3.13. The quantitative estimate of drug-likeness (QED) is 0.371. The van der Waals surface area contributed by atoms with Gasteiger partial charge < -0.3 is 10.1 Å². The van der Waals surface area contributed by atoms with Crippen molar-refractivity contribution in [3.8, 4) is 11.8 Å². The molecule has 0 unspecified atom stereocenters. The molecule has 0 fully saturated rings. The van der Waals surface area contributed by atoms with Crippen LogP contribution in [0.15, 0.2) is 54.1 Å². The lowest BCUT2D eigenvalue weighted by atomic mass is 10.1. The predicted octanol–water partition coefficient (Wildman–Crippen LogP) is 5.33. The summed E-state index contributed by atoms with van der Waals surface area (Å²) in [5, 5.41) is 11.7. The summed E-state index contributed by atoms with van der Waals surface area (Å²) in [6.45, 7) is 2.84. The van der Waals surface area contributed by atoms with Crippen LogP contribution in [0.4, 0.5) is 10.1 Å². The number of para-hydroxylation sites is 1. The number of halogens is 1. The predicted molar refractivity (Wildman–Crippen MR) is 105 cm³/mol. The number of benzene rings is 2. The number of rotatable bonds is 9. The second kappa shape index (κ2) is 10.8. The first kappa shape index (κ1) is 20.2. The molecule has 2 rings (SSSR count). The molecule has 0 saturated carbocycles. The second-order valence-corrected chi connectivity index (χ2v) is 6.08. The molecule has 5 heteroatoms. The van der Waals surface area contributed by atoms with Gasteiger partial charge in [0, 0.05) is 0 Å². The Balaban J connectivity index is 1.97. The third-order valence-electron chi connectivity index (χ3n) is 3.94. The van der Waals surface area contributed by atoms with Crippen LogP contribution in [0.1, 0.15) is 38.2 Å². The molecule has 0 spiro atoms. The lowest BCUT2D eigenvalue weighted by Crippen LogP contribution is -2.14. The average molecular weight is 366 g/mol. The van der Waals surface area contributed by atoms with Gasteiger partial charge in [-0.25, -0.2) is 4.39 Å². The SMILES string of the molecule is CCCCCCOc1ccc(/C=C(\C#N)C(=O)Nc2ccccc2F)cc1. The number of carbonyl (C=O) groups is 1. The molecule has 0 saturated heterocycles. The number of nitriles is 1. The summed E-state index contributed by atoms with van der Waals surface area (Å²) in [4.78, 5) is 12.2. The van der Waals surface area contributed by atoms with Gasteiger partial charge in [0.25, 0.3) is 5.91 Å². The third-order valence-corrected chi connectivity index (χ3v) is 3.94. The zero-order valence-electron chi connectivity index (χ0n) is 15.4. The van der Waals surface area contributed by atoms with Crippen molar-refractivity contribution in [1.82, 2.24) is 0 Å². The standard InChI is InChI=1S/C22H23FN2O2/c1-2-3-4-7-14-27-19-12-10-17(11-13-19)15-18(16-24)22(26)25-21-9-6-5-8-20(21)23/h5-6,8-13,15H,2-4,7,14H2,1H3,(H,25,26)/b18-15+. The monoisotopic (exact) mass is 366 g/mol. The van der Waals surface area contributed by atoms with Gasteiger partial charge in [0.2, 0.25) is 0 Å². The van der Waals surface area contributed by atoms with Gasteiger partial charge in [0.1, 0.15) is 23.2 Å². The van der Waals surface area contributed by atoms with E-state index >= 15 is 0 Å². The minimum atomic E-state index is -0.654. The maximum absolute atomic E-state index is 13.6. The number of nitrogens with zero attached hydrogens (tertiary/aromatic N) is 1. The zero-order chi connectivity index (χ0) is 19.5. The van der Waals surface area contributed by atoms with Crippen LogP contribution < -0.4 is 10.1 Å². The summed E-state index contributed by atoms with van der Waals surface area (Å²) in [6, 6.07) is 14.8. The van der Waals surface area contributed by atoms with Gasteiger partial charge in [0.05, 0.1) is 12.3 Å². The van der Waals surface area contributed by atoms with Crippen molar-refractivity contribution in [3.63, 3.8) is 0 Å². The first-order valence-electron chi connectivity index (χ1n) is 9.04. The molecule has 2 aromatic rings. The number of amides is 1. The molecule has 0 atom stereocenters. The third kappa shape index (κ3) is 6.59. The lowest BCUT2D eigenvalue weighted by Gasteiger charge is -2.07. The number of unbranched alkanes of at least 4 members (excludes halogenated alkanes) is 3. The van der Waals surface area contributed by atoms with Crippen molar-refractivity contribution < 1.29 is 13.9 Å². The molecule has 0 radical (unpaired) electrons. The molecule has 1 amide bonds. The summed E-state index contributed by atoms with van der Waals surface area (Å²) in [6.07, 6.45) is 6.02. The maximum Gasteiger partial charge on any atom is 0.266 e. The van der Waals surface area contributed by atoms with Crippen LogP contribution in [0, 0.1) is 17.1 Å². The van der Waals surface area contributed by atoms with Gasteiger partial charge in [-0.1, -0.05) is 50.5 Å². The molecule has 0 aliphatic carbocycles. The normalized spacial score (nSPS) is 10.9. The molecule has 0 aromatic heterocycles. The van der Waals surface area contributed by atoms with Crippen molar-refractivity contribution in [1.29, 1.82) is 5.26 Å². The molecule has 1 N–H and O–H groups in total. The number of hydrogen-bond acceptors (Lipinski definition) is 3.